The van der Waals surface area contributed by atoms with Gasteiger partial charge in [-0.05, 0) is 44.7 Å². The Morgan fingerprint density at radius 3 is 2.76 bits per heavy atom. The molecule has 1 saturated carbocycles. The van der Waals surface area contributed by atoms with Crippen LogP contribution in [0.15, 0.2) is 18.2 Å². The molecule has 1 atom stereocenters. The minimum absolute atomic E-state index is 0.00680. The topological polar surface area (TPSA) is 81.5 Å². The highest BCUT2D eigenvalue weighted by molar-refractivity contribution is 5.95. The van der Waals surface area contributed by atoms with Crippen LogP contribution in [-0.4, -0.2) is 23.5 Å². The number of nitro groups is 1. The second-order valence-electron chi connectivity index (χ2n) is 5.33. The first-order valence-corrected chi connectivity index (χ1v) is 7.25. The van der Waals surface area contributed by atoms with Gasteiger partial charge in [0, 0.05) is 17.8 Å². The molecule has 0 bridgehead atoms. The zero-order valence-electron chi connectivity index (χ0n) is 12.3. The van der Waals surface area contributed by atoms with E-state index < -0.39 is 10.9 Å². The summed E-state index contributed by atoms with van der Waals surface area (Å²) in [6, 6.07) is 4.78. The Balaban J connectivity index is 2.21. The van der Waals surface area contributed by atoms with Crippen LogP contribution in [0.2, 0.25) is 0 Å². The summed E-state index contributed by atoms with van der Waals surface area (Å²) in [5, 5.41) is 14.3. The first kappa shape index (κ1) is 15.3. The van der Waals surface area contributed by atoms with Gasteiger partial charge in [0.15, 0.2) is 0 Å². The molecule has 0 saturated heterocycles. The van der Waals surface area contributed by atoms with E-state index in [-0.39, 0.29) is 23.9 Å². The second kappa shape index (κ2) is 6.56. The number of esters is 1. The van der Waals surface area contributed by atoms with Crippen LogP contribution < -0.4 is 5.32 Å². The van der Waals surface area contributed by atoms with Gasteiger partial charge in [-0.2, -0.15) is 0 Å². The van der Waals surface area contributed by atoms with Crippen LogP contribution in [0.5, 0.6) is 0 Å². The van der Waals surface area contributed by atoms with E-state index in [2.05, 4.69) is 12.2 Å². The van der Waals surface area contributed by atoms with Crippen LogP contribution in [-0.2, 0) is 4.74 Å². The number of benzene rings is 1. The molecule has 1 aromatic rings. The van der Waals surface area contributed by atoms with E-state index >= 15 is 0 Å². The highest BCUT2D eigenvalue weighted by Crippen LogP contribution is 2.32. The van der Waals surface area contributed by atoms with E-state index in [9.17, 15) is 14.9 Å². The summed E-state index contributed by atoms with van der Waals surface area (Å²) < 4.78 is 4.89. The van der Waals surface area contributed by atoms with E-state index in [0.29, 0.717) is 11.6 Å². The van der Waals surface area contributed by atoms with Gasteiger partial charge in [-0.1, -0.05) is 6.42 Å². The van der Waals surface area contributed by atoms with Crippen molar-refractivity contribution in [2.24, 2.45) is 5.92 Å². The molecule has 1 N–H and O–H groups in total. The van der Waals surface area contributed by atoms with Crippen molar-refractivity contribution in [3.8, 4) is 0 Å². The summed E-state index contributed by atoms with van der Waals surface area (Å²) in [6.07, 6.45) is 3.66. The lowest BCUT2D eigenvalue weighted by Gasteiger charge is -2.32. The lowest BCUT2D eigenvalue weighted by atomic mass is 9.80. The minimum atomic E-state index is -0.663. The van der Waals surface area contributed by atoms with Gasteiger partial charge in [0.25, 0.3) is 5.69 Å². The summed E-state index contributed by atoms with van der Waals surface area (Å²) in [6.45, 7) is 3.95. The molecule has 0 heterocycles. The lowest BCUT2D eigenvalue weighted by Crippen LogP contribution is -2.30. The van der Waals surface area contributed by atoms with Crippen molar-refractivity contribution in [2.75, 3.05) is 11.9 Å². The fraction of sp³-hybridized carbons (Fsp3) is 0.533. The molecule has 0 aromatic heterocycles. The quantitative estimate of drug-likeness (QED) is 0.494. The van der Waals surface area contributed by atoms with E-state index in [1.165, 1.54) is 31.4 Å². The molecular weight excluding hydrogens is 272 g/mol. The average Bonchev–Trinajstić information content (AvgIpc) is 2.36. The molecule has 0 spiro atoms. The smallest absolute Gasteiger partial charge is 0.345 e. The Labute approximate surface area is 123 Å². The van der Waals surface area contributed by atoms with E-state index in [0.717, 1.165) is 0 Å². The maximum absolute atomic E-state index is 11.9. The molecule has 114 valence electrons. The number of anilines is 1. The van der Waals surface area contributed by atoms with Crippen LogP contribution in [0, 0.1) is 16.0 Å². The van der Waals surface area contributed by atoms with Gasteiger partial charge < -0.3 is 10.1 Å². The highest BCUT2D eigenvalue weighted by Gasteiger charge is 2.25. The highest BCUT2D eigenvalue weighted by atomic mass is 16.6. The van der Waals surface area contributed by atoms with E-state index in [4.69, 9.17) is 4.74 Å². The lowest BCUT2D eigenvalue weighted by molar-refractivity contribution is -0.385. The van der Waals surface area contributed by atoms with Gasteiger partial charge in [0.2, 0.25) is 0 Å². The molecule has 0 aliphatic heterocycles. The number of nitro benzene ring substituents is 1. The average molecular weight is 292 g/mol. The fourth-order valence-corrected chi connectivity index (χ4v) is 2.48. The van der Waals surface area contributed by atoms with Crippen LogP contribution >= 0.6 is 0 Å². The van der Waals surface area contributed by atoms with Gasteiger partial charge >= 0.3 is 5.97 Å². The molecular formula is C15H20N2O4. The molecule has 6 heteroatoms. The van der Waals surface area contributed by atoms with Crippen molar-refractivity contribution < 1.29 is 14.5 Å². The number of ether oxygens (including phenoxy) is 1. The van der Waals surface area contributed by atoms with Crippen LogP contribution in [0.25, 0.3) is 0 Å². The normalized spacial score (nSPS) is 15.9. The SMILES string of the molecule is CCOC(=O)c1cc(NC(C)C2CCC2)ccc1[N+](=O)[O-]. The predicted octanol–water partition coefficient (Wildman–Crippen LogP) is 3.37. The molecule has 1 aromatic carbocycles. The first-order chi connectivity index (χ1) is 10.0. The third-order valence-corrected chi connectivity index (χ3v) is 3.94. The van der Waals surface area contributed by atoms with Crippen molar-refractivity contribution in [3.63, 3.8) is 0 Å². The number of hydrogen-bond acceptors (Lipinski definition) is 5. The van der Waals surface area contributed by atoms with Gasteiger partial charge in [0.05, 0.1) is 11.5 Å². The minimum Gasteiger partial charge on any atom is -0.462 e. The number of rotatable bonds is 6. The molecule has 1 aliphatic carbocycles. The van der Waals surface area contributed by atoms with Gasteiger partial charge in [-0.3, -0.25) is 10.1 Å². The van der Waals surface area contributed by atoms with Crippen LogP contribution in [0.4, 0.5) is 11.4 Å². The summed E-state index contributed by atoms with van der Waals surface area (Å²) in [4.78, 5) is 22.3. The third-order valence-electron chi connectivity index (χ3n) is 3.94. The summed E-state index contributed by atoms with van der Waals surface area (Å²) >= 11 is 0. The Kier molecular flexibility index (Phi) is 4.77. The number of carbonyl (C=O) groups is 1. The maximum atomic E-state index is 11.9. The number of hydrogen-bond donors (Lipinski definition) is 1. The standard InChI is InChI=1S/C15H20N2O4/c1-3-21-15(18)13-9-12(7-8-14(13)17(19)20)16-10(2)11-5-4-6-11/h7-11,16H,3-6H2,1-2H3. The molecule has 0 radical (unpaired) electrons. The van der Waals surface area contributed by atoms with E-state index in [1.54, 1.807) is 13.0 Å². The molecule has 1 aliphatic rings. The first-order valence-electron chi connectivity index (χ1n) is 7.25. The molecule has 1 unspecified atom stereocenters. The Bertz CT molecular complexity index is 540. The Morgan fingerprint density at radius 1 is 1.52 bits per heavy atom. The van der Waals surface area contributed by atoms with Crippen LogP contribution in [0.1, 0.15) is 43.5 Å². The van der Waals surface area contributed by atoms with Crippen molar-refractivity contribution in [1.29, 1.82) is 0 Å². The number of nitrogens with one attached hydrogen (secondary N) is 1. The van der Waals surface area contributed by atoms with Gasteiger partial charge in [-0.25, -0.2) is 4.79 Å². The van der Waals surface area contributed by atoms with Crippen molar-refractivity contribution in [2.45, 2.75) is 39.2 Å². The van der Waals surface area contributed by atoms with Crippen molar-refractivity contribution in [3.05, 3.63) is 33.9 Å². The second-order valence-corrected chi connectivity index (χ2v) is 5.33. The summed E-state index contributed by atoms with van der Waals surface area (Å²) in [7, 11) is 0. The zero-order valence-corrected chi connectivity index (χ0v) is 12.3. The Hall–Kier alpha value is -2.11. The molecule has 1 fully saturated rings. The number of nitrogens with zero attached hydrogens (tertiary/aromatic N) is 1. The van der Waals surface area contributed by atoms with Crippen molar-refractivity contribution >= 4 is 17.3 Å². The third kappa shape index (κ3) is 3.51. The van der Waals surface area contributed by atoms with Crippen molar-refractivity contribution in [1.82, 2.24) is 0 Å². The molecule has 6 nitrogen and oxygen atoms in total. The monoisotopic (exact) mass is 292 g/mol. The molecule has 2 rings (SSSR count). The maximum Gasteiger partial charge on any atom is 0.345 e. The summed E-state index contributed by atoms with van der Waals surface area (Å²) in [5.74, 6) is -0.0321. The fourth-order valence-electron chi connectivity index (χ4n) is 2.48. The molecule has 0 amide bonds. The molecule has 21 heavy (non-hydrogen) atoms. The Morgan fingerprint density at radius 2 is 2.24 bits per heavy atom. The van der Waals surface area contributed by atoms with Crippen LogP contribution in [0.3, 0.4) is 0 Å². The zero-order chi connectivity index (χ0) is 15.4. The predicted molar refractivity (Wildman–Crippen MR) is 79.5 cm³/mol. The van der Waals surface area contributed by atoms with E-state index in [1.807, 2.05) is 0 Å². The van der Waals surface area contributed by atoms with Gasteiger partial charge in [0.1, 0.15) is 5.56 Å². The summed E-state index contributed by atoms with van der Waals surface area (Å²) in [5.41, 5.74) is 0.478. The largest absolute Gasteiger partial charge is 0.462 e. The van der Waals surface area contributed by atoms with Gasteiger partial charge in [-0.15, -0.1) is 0 Å². The number of carbonyl (C=O) groups excluding carboxylic acids is 1.